The molecule has 1 N–H and O–H groups in total. The van der Waals surface area contributed by atoms with Crippen molar-refractivity contribution in [1.82, 2.24) is 9.78 Å². The molecule has 0 aliphatic rings. The highest BCUT2D eigenvalue weighted by atomic mass is 19.1. The molecule has 0 saturated carbocycles. The van der Waals surface area contributed by atoms with Crippen molar-refractivity contribution in [1.29, 1.82) is 0 Å². The van der Waals surface area contributed by atoms with Gasteiger partial charge in [0.2, 0.25) is 0 Å². The highest BCUT2D eigenvalue weighted by molar-refractivity contribution is 5.18. The van der Waals surface area contributed by atoms with Crippen molar-refractivity contribution in [2.75, 3.05) is 0 Å². The molecule has 0 aliphatic carbocycles. The van der Waals surface area contributed by atoms with Gasteiger partial charge in [0, 0.05) is 19.0 Å². The first-order chi connectivity index (χ1) is 10.1. The molecule has 1 aromatic carbocycles. The summed E-state index contributed by atoms with van der Waals surface area (Å²) in [6.07, 6.45) is 4.17. The average molecular weight is 290 g/mol. The fourth-order valence-electron chi connectivity index (χ4n) is 2.58. The van der Waals surface area contributed by atoms with Crippen LogP contribution in [-0.2, 0) is 12.8 Å². The van der Waals surface area contributed by atoms with Gasteiger partial charge < -0.3 is 5.11 Å². The lowest BCUT2D eigenvalue weighted by Crippen LogP contribution is -2.16. The Hall–Kier alpha value is -1.68. The Bertz CT molecular complexity index is 563. The Kier molecular flexibility index (Phi) is 5.51. The molecule has 0 amide bonds. The molecule has 1 aromatic heterocycles. The normalized spacial score (nSPS) is 12.8. The van der Waals surface area contributed by atoms with Crippen molar-refractivity contribution < 1.29 is 9.50 Å². The van der Waals surface area contributed by atoms with Crippen molar-refractivity contribution in [3.05, 3.63) is 53.6 Å². The molecule has 0 aliphatic heterocycles. The highest BCUT2D eigenvalue weighted by Crippen LogP contribution is 2.16. The molecule has 0 spiro atoms. The van der Waals surface area contributed by atoms with E-state index in [2.05, 4.69) is 18.9 Å². The van der Waals surface area contributed by atoms with Crippen LogP contribution in [0.2, 0.25) is 0 Å². The van der Waals surface area contributed by atoms with Gasteiger partial charge in [0.05, 0.1) is 17.8 Å². The van der Waals surface area contributed by atoms with Gasteiger partial charge in [0.1, 0.15) is 5.82 Å². The van der Waals surface area contributed by atoms with Gasteiger partial charge in [-0.2, -0.15) is 5.10 Å². The maximum Gasteiger partial charge on any atom is 0.126 e. The van der Waals surface area contributed by atoms with E-state index in [1.807, 2.05) is 16.9 Å². The smallest absolute Gasteiger partial charge is 0.126 e. The van der Waals surface area contributed by atoms with Crippen LogP contribution in [0.4, 0.5) is 4.39 Å². The molecule has 2 aromatic rings. The lowest BCUT2D eigenvalue weighted by atomic mass is 10.0. The molecular formula is C17H23FN2O. The fraction of sp³-hybridized carbons (Fsp3) is 0.471. The summed E-state index contributed by atoms with van der Waals surface area (Å²) in [7, 11) is 0. The second-order valence-electron chi connectivity index (χ2n) is 5.41. The minimum absolute atomic E-state index is 0.265. The zero-order valence-electron chi connectivity index (χ0n) is 12.7. The molecule has 0 bridgehead atoms. The molecule has 2 rings (SSSR count). The SMILES string of the molecule is CCC(CC)n1ccc(CC(O)Cc2ccccc2F)n1. The van der Waals surface area contributed by atoms with Gasteiger partial charge in [-0.15, -0.1) is 0 Å². The molecule has 21 heavy (non-hydrogen) atoms. The van der Waals surface area contributed by atoms with E-state index >= 15 is 0 Å². The third-order valence-corrected chi connectivity index (χ3v) is 3.84. The van der Waals surface area contributed by atoms with Crippen LogP contribution in [0.15, 0.2) is 36.5 Å². The molecule has 1 heterocycles. The number of hydrogen-bond donors (Lipinski definition) is 1. The Morgan fingerprint density at radius 1 is 1.14 bits per heavy atom. The maximum absolute atomic E-state index is 13.6. The number of halogens is 1. The minimum Gasteiger partial charge on any atom is -0.392 e. The lowest BCUT2D eigenvalue weighted by Gasteiger charge is -2.13. The quantitative estimate of drug-likeness (QED) is 0.847. The minimum atomic E-state index is -0.619. The van der Waals surface area contributed by atoms with Gasteiger partial charge >= 0.3 is 0 Å². The van der Waals surface area contributed by atoms with E-state index in [0.29, 0.717) is 24.4 Å². The van der Waals surface area contributed by atoms with E-state index < -0.39 is 6.10 Å². The van der Waals surface area contributed by atoms with Crippen LogP contribution in [0.3, 0.4) is 0 Å². The van der Waals surface area contributed by atoms with Crippen LogP contribution in [0.1, 0.15) is 44.0 Å². The Morgan fingerprint density at radius 3 is 2.52 bits per heavy atom. The predicted molar refractivity (Wildman–Crippen MR) is 81.7 cm³/mol. The van der Waals surface area contributed by atoms with Gasteiger partial charge in [-0.05, 0) is 30.5 Å². The zero-order chi connectivity index (χ0) is 15.2. The Labute approximate surface area is 125 Å². The monoisotopic (exact) mass is 290 g/mol. The van der Waals surface area contributed by atoms with Gasteiger partial charge in [-0.25, -0.2) is 4.39 Å². The number of aliphatic hydroxyl groups excluding tert-OH is 1. The van der Waals surface area contributed by atoms with Gasteiger partial charge in [0.15, 0.2) is 0 Å². The summed E-state index contributed by atoms with van der Waals surface area (Å²) >= 11 is 0. The topological polar surface area (TPSA) is 38.0 Å². The first-order valence-electron chi connectivity index (χ1n) is 7.59. The largest absolute Gasteiger partial charge is 0.392 e. The summed E-state index contributed by atoms with van der Waals surface area (Å²) in [6, 6.07) is 8.91. The number of rotatable bonds is 7. The van der Waals surface area contributed by atoms with E-state index in [9.17, 15) is 9.50 Å². The van der Waals surface area contributed by atoms with Crippen molar-refractivity contribution in [3.8, 4) is 0 Å². The molecule has 1 unspecified atom stereocenters. The first kappa shape index (κ1) is 15.7. The van der Waals surface area contributed by atoms with Crippen LogP contribution in [0, 0.1) is 5.82 Å². The number of aliphatic hydroxyl groups is 1. The summed E-state index contributed by atoms with van der Waals surface area (Å²) in [6.45, 7) is 4.28. The van der Waals surface area contributed by atoms with E-state index in [-0.39, 0.29) is 5.82 Å². The standard InChI is InChI=1S/C17H23FN2O/c1-3-15(4-2)20-10-9-14(19-20)12-16(21)11-13-7-5-6-8-17(13)18/h5-10,15-16,21H,3-4,11-12H2,1-2H3. The third kappa shape index (κ3) is 4.14. The average Bonchev–Trinajstić information content (AvgIpc) is 2.91. The summed E-state index contributed by atoms with van der Waals surface area (Å²) in [5.41, 5.74) is 1.40. The van der Waals surface area contributed by atoms with E-state index in [1.54, 1.807) is 18.2 Å². The van der Waals surface area contributed by atoms with Crippen molar-refractivity contribution >= 4 is 0 Å². The predicted octanol–water partition coefficient (Wildman–Crippen LogP) is 3.53. The van der Waals surface area contributed by atoms with Crippen molar-refractivity contribution in [2.24, 2.45) is 0 Å². The third-order valence-electron chi connectivity index (χ3n) is 3.84. The molecular weight excluding hydrogens is 267 g/mol. The van der Waals surface area contributed by atoms with Crippen molar-refractivity contribution in [3.63, 3.8) is 0 Å². The number of nitrogens with zero attached hydrogens (tertiary/aromatic N) is 2. The second kappa shape index (κ2) is 7.36. The first-order valence-corrected chi connectivity index (χ1v) is 7.59. The van der Waals surface area contributed by atoms with Crippen LogP contribution in [-0.4, -0.2) is 21.0 Å². The van der Waals surface area contributed by atoms with E-state index in [0.717, 1.165) is 18.5 Å². The molecule has 4 heteroatoms. The summed E-state index contributed by atoms with van der Waals surface area (Å²) in [5, 5.41) is 14.6. The van der Waals surface area contributed by atoms with Gasteiger partial charge in [-0.1, -0.05) is 32.0 Å². The van der Waals surface area contributed by atoms with Crippen LogP contribution < -0.4 is 0 Å². The molecule has 1 atom stereocenters. The van der Waals surface area contributed by atoms with Crippen LogP contribution >= 0.6 is 0 Å². The summed E-state index contributed by atoms with van der Waals surface area (Å²) < 4.78 is 15.5. The zero-order valence-corrected chi connectivity index (χ0v) is 12.7. The molecule has 0 fully saturated rings. The van der Waals surface area contributed by atoms with Gasteiger partial charge in [0.25, 0.3) is 0 Å². The molecule has 114 valence electrons. The van der Waals surface area contributed by atoms with Crippen LogP contribution in [0.25, 0.3) is 0 Å². The highest BCUT2D eigenvalue weighted by Gasteiger charge is 2.13. The molecule has 0 radical (unpaired) electrons. The fourth-order valence-corrected chi connectivity index (χ4v) is 2.58. The number of aromatic nitrogens is 2. The lowest BCUT2D eigenvalue weighted by molar-refractivity contribution is 0.172. The van der Waals surface area contributed by atoms with Crippen molar-refractivity contribution in [2.45, 2.75) is 51.7 Å². The van der Waals surface area contributed by atoms with E-state index in [1.165, 1.54) is 6.07 Å². The van der Waals surface area contributed by atoms with E-state index in [4.69, 9.17) is 0 Å². The molecule has 3 nitrogen and oxygen atoms in total. The second-order valence-corrected chi connectivity index (χ2v) is 5.41. The number of benzene rings is 1. The Morgan fingerprint density at radius 2 is 1.86 bits per heavy atom. The number of hydrogen-bond acceptors (Lipinski definition) is 2. The molecule has 0 saturated heterocycles. The van der Waals surface area contributed by atoms with Gasteiger partial charge in [-0.3, -0.25) is 4.68 Å². The summed E-state index contributed by atoms with van der Waals surface area (Å²) in [4.78, 5) is 0. The van der Waals surface area contributed by atoms with Crippen LogP contribution in [0.5, 0.6) is 0 Å². The summed E-state index contributed by atoms with van der Waals surface area (Å²) in [5.74, 6) is -0.265. The Balaban J connectivity index is 1.97. The maximum atomic E-state index is 13.6.